The lowest BCUT2D eigenvalue weighted by Gasteiger charge is -2.36. The van der Waals surface area contributed by atoms with Crippen molar-refractivity contribution in [1.29, 1.82) is 0 Å². The third kappa shape index (κ3) is 2.62. The van der Waals surface area contributed by atoms with Gasteiger partial charge in [-0.3, -0.25) is 4.79 Å². The highest BCUT2D eigenvalue weighted by molar-refractivity contribution is 5.92. The zero-order valence-electron chi connectivity index (χ0n) is 10.2. The number of likely N-dealkylation sites (tertiary alicyclic amines) is 1. The molecular formula is C13H17FN2O. The largest absolute Gasteiger partial charge is 0.334 e. The summed E-state index contributed by atoms with van der Waals surface area (Å²) in [6.45, 7) is 4.90. The average molecular weight is 236 g/mol. The van der Waals surface area contributed by atoms with E-state index in [1.807, 2.05) is 6.92 Å². The Kier molecular flexibility index (Phi) is 3.41. The highest BCUT2D eigenvalue weighted by Gasteiger charge is 2.28. The summed E-state index contributed by atoms with van der Waals surface area (Å²) >= 11 is 0. The third-order valence-corrected chi connectivity index (χ3v) is 3.31. The number of halogens is 1. The second-order valence-corrected chi connectivity index (χ2v) is 4.83. The van der Waals surface area contributed by atoms with E-state index in [4.69, 9.17) is 0 Å². The van der Waals surface area contributed by atoms with E-state index in [1.165, 1.54) is 12.1 Å². The monoisotopic (exact) mass is 236 g/mol. The van der Waals surface area contributed by atoms with Crippen LogP contribution in [0.4, 0.5) is 4.39 Å². The summed E-state index contributed by atoms with van der Waals surface area (Å²) in [5, 5.41) is 0. The van der Waals surface area contributed by atoms with E-state index >= 15 is 0 Å². The fourth-order valence-corrected chi connectivity index (χ4v) is 2.25. The smallest absolute Gasteiger partial charge is 0.272 e. The van der Waals surface area contributed by atoms with Crippen LogP contribution >= 0.6 is 0 Å². The quantitative estimate of drug-likeness (QED) is 0.702. The maximum absolute atomic E-state index is 13.0. The molecular weight excluding hydrogens is 219 g/mol. The van der Waals surface area contributed by atoms with Crippen molar-refractivity contribution < 1.29 is 9.18 Å². The van der Waals surface area contributed by atoms with Gasteiger partial charge in [0.2, 0.25) is 5.95 Å². The number of hydrogen-bond donors (Lipinski definition) is 0. The average Bonchev–Trinajstić information content (AvgIpc) is 2.31. The summed E-state index contributed by atoms with van der Waals surface area (Å²) in [4.78, 5) is 17.7. The Balaban J connectivity index is 2.18. The maximum atomic E-state index is 13.0. The van der Waals surface area contributed by atoms with E-state index in [9.17, 15) is 9.18 Å². The molecule has 1 fully saturated rings. The van der Waals surface area contributed by atoms with Crippen LogP contribution in [0.25, 0.3) is 0 Å². The number of carbonyl (C=O) groups excluding carboxylic acids is 1. The Hall–Kier alpha value is -1.45. The number of pyridine rings is 1. The van der Waals surface area contributed by atoms with Crippen LogP contribution < -0.4 is 0 Å². The van der Waals surface area contributed by atoms with E-state index in [-0.39, 0.29) is 17.6 Å². The molecule has 0 radical (unpaired) electrons. The molecule has 2 atom stereocenters. The lowest BCUT2D eigenvalue weighted by atomic mass is 9.95. The molecule has 1 amide bonds. The van der Waals surface area contributed by atoms with E-state index in [1.54, 1.807) is 11.0 Å². The minimum Gasteiger partial charge on any atom is -0.334 e. The van der Waals surface area contributed by atoms with Crippen LogP contribution in [-0.2, 0) is 0 Å². The van der Waals surface area contributed by atoms with Crippen molar-refractivity contribution in [3.05, 3.63) is 29.8 Å². The van der Waals surface area contributed by atoms with Gasteiger partial charge in [0.15, 0.2) is 0 Å². The molecule has 1 saturated heterocycles. The van der Waals surface area contributed by atoms with Crippen LogP contribution in [0.2, 0.25) is 0 Å². The molecule has 17 heavy (non-hydrogen) atoms. The fourth-order valence-electron chi connectivity index (χ4n) is 2.25. The lowest BCUT2D eigenvalue weighted by molar-refractivity contribution is 0.0567. The molecule has 0 saturated carbocycles. The van der Waals surface area contributed by atoms with E-state index in [0.717, 1.165) is 19.4 Å². The summed E-state index contributed by atoms with van der Waals surface area (Å²) in [5.74, 6) is -0.263. The maximum Gasteiger partial charge on any atom is 0.272 e. The zero-order valence-corrected chi connectivity index (χ0v) is 10.2. The Morgan fingerprint density at radius 3 is 2.88 bits per heavy atom. The van der Waals surface area contributed by atoms with Crippen LogP contribution in [-0.4, -0.2) is 28.4 Å². The van der Waals surface area contributed by atoms with Crippen molar-refractivity contribution in [3.63, 3.8) is 0 Å². The van der Waals surface area contributed by atoms with Gasteiger partial charge in [-0.2, -0.15) is 4.39 Å². The van der Waals surface area contributed by atoms with Crippen LogP contribution in [0, 0.1) is 11.9 Å². The SMILES string of the molecule is CC1CCC(C)N(C(=O)c2cccc(F)n2)C1. The van der Waals surface area contributed by atoms with Crippen molar-refractivity contribution >= 4 is 5.91 Å². The van der Waals surface area contributed by atoms with Crippen LogP contribution in [0.1, 0.15) is 37.2 Å². The van der Waals surface area contributed by atoms with E-state index in [0.29, 0.717) is 5.92 Å². The minimum absolute atomic E-state index is 0.163. The van der Waals surface area contributed by atoms with Crippen molar-refractivity contribution in [3.8, 4) is 0 Å². The number of hydrogen-bond acceptors (Lipinski definition) is 2. The van der Waals surface area contributed by atoms with Crippen molar-refractivity contribution in [1.82, 2.24) is 9.88 Å². The second-order valence-electron chi connectivity index (χ2n) is 4.83. The summed E-state index contributed by atoms with van der Waals surface area (Å²) in [5.41, 5.74) is 0.200. The minimum atomic E-state index is -0.603. The standard InChI is InChI=1S/C13H17FN2O/c1-9-6-7-10(2)16(8-9)13(17)11-4-3-5-12(14)15-11/h3-5,9-10H,6-8H2,1-2H3. The molecule has 1 aliphatic rings. The van der Waals surface area contributed by atoms with Gasteiger partial charge in [-0.25, -0.2) is 4.98 Å². The normalized spacial score (nSPS) is 24.8. The summed E-state index contributed by atoms with van der Waals surface area (Å²) < 4.78 is 13.0. The Morgan fingerprint density at radius 2 is 2.18 bits per heavy atom. The molecule has 92 valence electrons. The van der Waals surface area contributed by atoms with Crippen LogP contribution in [0.3, 0.4) is 0 Å². The molecule has 0 spiro atoms. The number of nitrogens with zero attached hydrogens (tertiary/aromatic N) is 2. The number of piperidine rings is 1. The van der Waals surface area contributed by atoms with Gasteiger partial charge in [0.05, 0.1) is 0 Å². The fraction of sp³-hybridized carbons (Fsp3) is 0.538. The summed E-state index contributed by atoms with van der Waals surface area (Å²) in [6.07, 6.45) is 2.14. The molecule has 2 heterocycles. The Labute approximate surface area is 101 Å². The van der Waals surface area contributed by atoms with Gasteiger partial charge in [0.25, 0.3) is 5.91 Å². The van der Waals surface area contributed by atoms with Crippen molar-refractivity contribution in [2.24, 2.45) is 5.92 Å². The molecule has 1 aliphatic heterocycles. The first-order valence-corrected chi connectivity index (χ1v) is 6.01. The highest BCUT2D eigenvalue weighted by Crippen LogP contribution is 2.22. The number of rotatable bonds is 1. The molecule has 0 aromatic carbocycles. The van der Waals surface area contributed by atoms with Gasteiger partial charge < -0.3 is 4.90 Å². The van der Waals surface area contributed by atoms with Gasteiger partial charge in [-0.15, -0.1) is 0 Å². The molecule has 3 nitrogen and oxygen atoms in total. The van der Waals surface area contributed by atoms with Gasteiger partial charge in [0, 0.05) is 12.6 Å². The van der Waals surface area contributed by atoms with Gasteiger partial charge >= 0.3 is 0 Å². The molecule has 4 heteroatoms. The first-order chi connectivity index (χ1) is 8.08. The summed E-state index contributed by atoms with van der Waals surface area (Å²) in [6, 6.07) is 4.55. The predicted molar refractivity (Wildman–Crippen MR) is 63.1 cm³/mol. The van der Waals surface area contributed by atoms with E-state index in [2.05, 4.69) is 11.9 Å². The molecule has 0 aliphatic carbocycles. The first kappa shape index (κ1) is 12.0. The molecule has 0 bridgehead atoms. The summed E-state index contributed by atoms with van der Waals surface area (Å²) in [7, 11) is 0. The highest BCUT2D eigenvalue weighted by atomic mass is 19.1. The predicted octanol–water partition coefficient (Wildman–Crippen LogP) is 2.48. The van der Waals surface area contributed by atoms with Crippen molar-refractivity contribution in [2.75, 3.05) is 6.54 Å². The Bertz CT molecular complexity index is 422. The van der Waals surface area contributed by atoms with E-state index < -0.39 is 5.95 Å². The molecule has 0 N–H and O–H groups in total. The molecule has 2 unspecified atom stereocenters. The van der Waals surface area contributed by atoms with Gasteiger partial charge in [-0.1, -0.05) is 13.0 Å². The lowest BCUT2D eigenvalue weighted by Crippen LogP contribution is -2.45. The topological polar surface area (TPSA) is 33.2 Å². The molecule has 1 aromatic rings. The van der Waals surface area contributed by atoms with Crippen molar-refractivity contribution in [2.45, 2.75) is 32.7 Å². The molecule has 1 aromatic heterocycles. The zero-order chi connectivity index (χ0) is 12.4. The van der Waals surface area contributed by atoms with Gasteiger partial charge in [0.1, 0.15) is 5.69 Å². The second kappa shape index (κ2) is 4.82. The number of aromatic nitrogens is 1. The third-order valence-electron chi connectivity index (χ3n) is 3.31. The van der Waals surface area contributed by atoms with Crippen LogP contribution in [0.15, 0.2) is 18.2 Å². The Morgan fingerprint density at radius 1 is 1.41 bits per heavy atom. The van der Waals surface area contributed by atoms with Crippen LogP contribution in [0.5, 0.6) is 0 Å². The van der Waals surface area contributed by atoms with Gasteiger partial charge in [-0.05, 0) is 37.8 Å². The first-order valence-electron chi connectivity index (χ1n) is 6.01. The number of carbonyl (C=O) groups is 1. The molecule has 2 rings (SSSR count). The number of amides is 1.